The van der Waals surface area contributed by atoms with E-state index in [2.05, 4.69) is 28.3 Å². The molecule has 0 saturated carbocycles. The highest BCUT2D eigenvalue weighted by molar-refractivity contribution is 5.83. The highest BCUT2D eigenvalue weighted by atomic mass is 16.5. The van der Waals surface area contributed by atoms with Gasteiger partial charge >= 0.3 is 0 Å². The first-order chi connectivity index (χ1) is 11.4. The largest absolute Gasteiger partial charge is 0.481 e. The minimum atomic E-state index is 0.624. The van der Waals surface area contributed by atoms with Crippen molar-refractivity contribution in [2.75, 3.05) is 20.3 Å². The Morgan fingerprint density at radius 3 is 3.09 bits per heavy atom. The van der Waals surface area contributed by atoms with Crippen molar-refractivity contribution < 1.29 is 9.47 Å². The highest BCUT2D eigenvalue weighted by Crippen LogP contribution is 2.33. The summed E-state index contributed by atoms with van der Waals surface area (Å²) in [6.07, 6.45) is 10.6. The van der Waals surface area contributed by atoms with Crippen molar-refractivity contribution >= 4 is 11.1 Å². The molecule has 5 heteroatoms. The Labute approximate surface area is 134 Å². The number of pyridine rings is 2. The predicted molar refractivity (Wildman–Crippen MR) is 88.4 cm³/mol. The third-order valence-electron chi connectivity index (χ3n) is 4.10. The molecule has 0 aromatic carbocycles. The lowest BCUT2D eigenvalue weighted by molar-refractivity contribution is 0.161. The van der Waals surface area contributed by atoms with Crippen LogP contribution in [0.25, 0.3) is 22.2 Å². The zero-order valence-corrected chi connectivity index (χ0v) is 12.9. The molecule has 0 bridgehead atoms. The minimum Gasteiger partial charge on any atom is -0.481 e. The van der Waals surface area contributed by atoms with Gasteiger partial charge in [-0.1, -0.05) is 6.08 Å². The molecule has 5 nitrogen and oxygen atoms in total. The molecule has 0 atom stereocenters. The van der Waals surface area contributed by atoms with Crippen LogP contribution in [0, 0.1) is 0 Å². The number of methoxy groups -OCH3 is 1. The zero-order valence-electron chi connectivity index (χ0n) is 12.9. The third kappa shape index (κ3) is 2.49. The zero-order chi connectivity index (χ0) is 15.6. The Bertz CT molecular complexity index is 883. The fourth-order valence-corrected chi connectivity index (χ4v) is 2.98. The van der Waals surface area contributed by atoms with E-state index < -0.39 is 0 Å². The summed E-state index contributed by atoms with van der Waals surface area (Å²) in [5.74, 6) is 0.624. The second-order valence-electron chi connectivity index (χ2n) is 5.44. The lowest BCUT2D eigenvalue weighted by Gasteiger charge is -2.16. The van der Waals surface area contributed by atoms with Crippen LogP contribution in [0.3, 0.4) is 0 Å². The number of ether oxygens (including phenoxy) is 2. The maximum absolute atomic E-state index is 5.44. The summed E-state index contributed by atoms with van der Waals surface area (Å²) in [7, 11) is 1.64. The smallest absolute Gasteiger partial charge is 0.221 e. The molecule has 4 rings (SSSR count). The normalized spacial score (nSPS) is 14.7. The maximum Gasteiger partial charge on any atom is 0.221 e. The lowest BCUT2D eigenvalue weighted by Crippen LogP contribution is -2.05. The van der Waals surface area contributed by atoms with Gasteiger partial charge in [-0.2, -0.15) is 0 Å². The number of hydrogen-bond donors (Lipinski definition) is 0. The summed E-state index contributed by atoms with van der Waals surface area (Å²) in [5, 5.41) is 0. The van der Waals surface area contributed by atoms with Gasteiger partial charge in [-0.15, -0.1) is 0 Å². The van der Waals surface area contributed by atoms with Crippen LogP contribution < -0.4 is 4.74 Å². The summed E-state index contributed by atoms with van der Waals surface area (Å²) in [5.41, 5.74) is 5.62. The molecule has 116 valence electrons. The van der Waals surface area contributed by atoms with E-state index >= 15 is 0 Å². The highest BCUT2D eigenvalue weighted by Gasteiger charge is 2.15. The molecular formula is C18H17N3O2. The average molecular weight is 307 g/mol. The molecule has 0 spiro atoms. The van der Waals surface area contributed by atoms with Crippen molar-refractivity contribution in [3.05, 3.63) is 54.8 Å². The SMILES string of the molecule is COc1ncccc1-c1cc(C2=CCOCC2)c2cncn2c1. The number of rotatable bonds is 3. The van der Waals surface area contributed by atoms with Gasteiger partial charge in [0.05, 0.1) is 38.4 Å². The standard InChI is InChI=1S/C18H17N3O2/c1-22-18-15(3-2-6-20-18)14-9-16(13-4-7-23-8-5-13)17-10-19-12-21(17)11-14/h2-4,6,9-12H,5,7-8H2,1H3. The number of aromatic nitrogens is 3. The third-order valence-corrected chi connectivity index (χ3v) is 4.10. The maximum atomic E-state index is 5.44. The average Bonchev–Trinajstić information content (AvgIpc) is 3.10. The Morgan fingerprint density at radius 1 is 1.30 bits per heavy atom. The fourth-order valence-electron chi connectivity index (χ4n) is 2.98. The van der Waals surface area contributed by atoms with Crippen molar-refractivity contribution in [3.63, 3.8) is 0 Å². The molecule has 23 heavy (non-hydrogen) atoms. The monoisotopic (exact) mass is 307 g/mol. The second-order valence-corrected chi connectivity index (χ2v) is 5.44. The first-order valence-corrected chi connectivity index (χ1v) is 7.59. The van der Waals surface area contributed by atoms with Crippen molar-refractivity contribution in [2.45, 2.75) is 6.42 Å². The van der Waals surface area contributed by atoms with Gasteiger partial charge < -0.3 is 13.9 Å². The summed E-state index contributed by atoms with van der Waals surface area (Å²) >= 11 is 0. The van der Waals surface area contributed by atoms with Gasteiger partial charge in [0.25, 0.3) is 0 Å². The van der Waals surface area contributed by atoms with Crippen LogP contribution >= 0.6 is 0 Å². The molecule has 1 aliphatic heterocycles. The number of nitrogens with zero attached hydrogens (tertiary/aromatic N) is 3. The fraction of sp³-hybridized carbons (Fsp3) is 0.222. The molecule has 1 aliphatic rings. The first-order valence-electron chi connectivity index (χ1n) is 7.59. The summed E-state index contributed by atoms with van der Waals surface area (Å²) in [6, 6.07) is 6.13. The molecule has 0 aliphatic carbocycles. The van der Waals surface area contributed by atoms with Crippen LogP contribution in [0.2, 0.25) is 0 Å². The van der Waals surface area contributed by atoms with Gasteiger partial charge in [0.1, 0.15) is 0 Å². The first kappa shape index (κ1) is 14.0. The van der Waals surface area contributed by atoms with E-state index in [1.54, 1.807) is 13.3 Å². The van der Waals surface area contributed by atoms with Crippen molar-refractivity contribution in [3.8, 4) is 17.0 Å². The van der Waals surface area contributed by atoms with Crippen LogP contribution in [-0.2, 0) is 4.74 Å². The summed E-state index contributed by atoms with van der Waals surface area (Å²) in [4.78, 5) is 8.59. The molecule has 0 fully saturated rings. The molecule has 0 N–H and O–H groups in total. The van der Waals surface area contributed by atoms with Crippen LogP contribution in [0.15, 0.2) is 49.2 Å². The van der Waals surface area contributed by atoms with Crippen LogP contribution in [-0.4, -0.2) is 34.7 Å². The molecule has 3 aromatic heterocycles. The Morgan fingerprint density at radius 2 is 2.26 bits per heavy atom. The molecule has 0 amide bonds. The molecule has 0 radical (unpaired) electrons. The topological polar surface area (TPSA) is 48.7 Å². The summed E-state index contributed by atoms with van der Waals surface area (Å²) in [6.45, 7) is 1.42. The Balaban J connectivity index is 1.93. The van der Waals surface area contributed by atoms with Gasteiger partial charge in [0, 0.05) is 29.1 Å². The number of hydrogen-bond acceptors (Lipinski definition) is 4. The predicted octanol–water partition coefficient (Wildman–Crippen LogP) is 3.21. The van der Waals surface area contributed by atoms with Gasteiger partial charge in [-0.3, -0.25) is 0 Å². The molecule has 4 heterocycles. The van der Waals surface area contributed by atoms with E-state index in [-0.39, 0.29) is 0 Å². The van der Waals surface area contributed by atoms with E-state index in [4.69, 9.17) is 9.47 Å². The van der Waals surface area contributed by atoms with Crippen LogP contribution in [0.5, 0.6) is 5.88 Å². The quantitative estimate of drug-likeness (QED) is 0.745. The molecule has 0 unspecified atom stereocenters. The van der Waals surface area contributed by atoms with Gasteiger partial charge in [0.15, 0.2) is 0 Å². The summed E-state index contributed by atoms with van der Waals surface area (Å²) < 4.78 is 12.9. The van der Waals surface area contributed by atoms with E-state index in [1.165, 1.54) is 11.1 Å². The second kappa shape index (κ2) is 5.85. The van der Waals surface area contributed by atoms with E-state index in [0.29, 0.717) is 12.5 Å². The molecule has 3 aromatic rings. The Hall–Kier alpha value is -2.66. The van der Waals surface area contributed by atoms with E-state index in [9.17, 15) is 0 Å². The van der Waals surface area contributed by atoms with Crippen molar-refractivity contribution in [1.29, 1.82) is 0 Å². The van der Waals surface area contributed by atoms with E-state index in [0.717, 1.165) is 29.7 Å². The number of fused-ring (bicyclic) bond motifs is 1. The molecular weight excluding hydrogens is 290 g/mol. The molecule has 0 saturated heterocycles. The van der Waals surface area contributed by atoms with E-state index in [1.807, 2.05) is 29.1 Å². The van der Waals surface area contributed by atoms with Crippen molar-refractivity contribution in [1.82, 2.24) is 14.4 Å². The lowest BCUT2D eigenvalue weighted by atomic mass is 9.98. The van der Waals surface area contributed by atoms with Gasteiger partial charge in [-0.25, -0.2) is 9.97 Å². The van der Waals surface area contributed by atoms with Gasteiger partial charge in [0.2, 0.25) is 5.88 Å². The van der Waals surface area contributed by atoms with Crippen LogP contribution in [0.1, 0.15) is 12.0 Å². The Kier molecular flexibility index (Phi) is 3.55. The van der Waals surface area contributed by atoms with Crippen molar-refractivity contribution in [2.24, 2.45) is 0 Å². The van der Waals surface area contributed by atoms with Gasteiger partial charge in [-0.05, 0) is 30.2 Å². The van der Waals surface area contributed by atoms with Crippen LogP contribution in [0.4, 0.5) is 0 Å². The minimum absolute atomic E-state index is 0.624. The number of imidazole rings is 1.